The van der Waals surface area contributed by atoms with E-state index in [0.29, 0.717) is 19.7 Å². The molecule has 88 valence electrons. The molecule has 16 heavy (non-hydrogen) atoms. The summed E-state index contributed by atoms with van der Waals surface area (Å²) in [5.41, 5.74) is 7.36. The first-order valence-electron chi connectivity index (χ1n) is 5.43. The fraction of sp³-hybridized carbons (Fsp3) is 0.417. The number of carbonyl (C=O) groups excluding carboxylic acids is 1. The number of anilines is 1. The third-order valence-corrected chi connectivity index (χ3v) is 2.26. The number of rotatable bonds is 4. The maximum atomic E-state index is 11.5. The molecule has 0 atom stereocenters. The summed E-state index contributed by atoms with van der Waals surface area (Å²) < 4.78 is 4.95. The maximum Gasteiger partial charge on any atom is 0.410 e. The van der Waals surface area contributed by atoms with Gasteiger partial charge in [0, 0.05) is 18.8 Å². The summed E-state index contributed by atoms with van der Waals surface area (Å²) in [4.78, 5) is 13.2. The average molecular weight is 222 g/mol. The molecule has 0 aliphatic rings. The second kappa shape index (κ2) is 6.00. The summed E-state index contributed by atoms with van der Waals surface area (Å²) in [6.07, 6.45) is -0.276. The number of carbonyl (C=O) groups is 1. The Hall–Kier alpha value is -1.71. The number of benzene rings is 1. The molecule has 0 fully saturated rings. The predicted molar refractivity (Wildman–Crippen MR) is 64.0 cm³/mol. The second-order valence-corrected chi connectivity index (χ2v) is 3.45. The molecule has 2 N–H and O–H groups in total. The van der Waals surface area contributed by atoms with Crippen molar-refractivity contribution in [2.75, 3.05) is 18.9 Å². The Kier molecular flexibility index (Phi) is 4.64. The Labute approximate surface area is 96.0 Å². The fourth-order valence-corrected chi connectivity index (χ4v) is 1.36. The molecule has 0 aromatic heterocycles. The monoisotopic (exact) mass is 222 g/mol. The first-order valence-corrected chi connectivity index (χ1v) is 5.43. The third kappa shape index (κ3) is 3.46. The molecular formula is C12H18N2O2. The number of ether oxygens (including phenoxy) is 1. The van der Waals surface area contributed by atoms with Crippen LogP contribution in [0.4, 0.5) is 10.5 Å². The van der Waals surface area contributed by atoms with E-state index in [9.17, 15) is 4.79 Å². The Bertz CT molecular complexity index is 335. The van der Waals surface area contributed by atoms with Crippen LogP contribution in [-0.4, -0.2) is 24.1 Å². The highest BCUT2D eigenvalue weighted by atomic mass is 16.6. The minimum Gasteiger partial charge on any atom is -0.450 e. The highest BCUT2D eigenvalue weighted by Gasteiger charge is 2.12. The summed E-state index contributed by atoms with van der Waals surface area (Å²) >= 11 is 0. The lowest BCUT2D eigenvalue weighted by molar-refractivity contribution is 0.107. The number of amides is 1. The van der Waals surface area contributed by atoms with Gasteiger partial charge in [-0.3, -0.25) is 0 Å². The van der Waals surface area contributed by atoms with E-state index in [2.05, 4.69) is 0 Å². The smallest absolute Gasteiger partial charge is 0.410 e. The molecule has 1 aromatic rings. The van der Waals surface area contributed by atoms with Gasteiger partial charge in [0.25, 0.3) is 0 Å². The Balaban J connectivity index is 2.62. The number of nitrogen functional groups attached to an aromatic ring is 1. The van der Waals surface area contributed by atoms with Crippen molar-refractivity contribution in [1.29, 1.82) is 0 Å². The summed E-state index contributed by atoms with van der Waals surface area (Å²) in [6.45, 7) is 5.30. The lowest BCUT2D eigenvalue weighted by Gasteiger charge is -2.19. The van der Waals surface area contributed by atoms with Crippen LogP contribution in [0.1, 0.15) is 19.4 Å². The molecule has 0 aliphatic heterocycles. The Morgan fingerprint density at radius 1 is 1.31 bits per heavy atom. The number of hydrogen-bond acceptors (Lipinski definition) is 3. The zero-order valence-electron chi connectivity index (χ0n) is 9.77. The van der Waals surface area contributed by atoms with Gasteiger partial charge in [0.05, 0.1) is 6.61 Å². The number of hydrogen-bond donors (Lipinski definition) is 1. The number of nitrogens with zero attached hydrogens (tertiary/aromatic N) is 1. The minimum atomic E-state index is -0.276. The van der Waals surface area contributed by atoms with E-state index in [1.807, 2.05) is 31.2 Å². The van der Waals surface area contributed by atoms with E-state index in [-0.39, 0.29) is 6.09 Å². The van der Waals surface area contributed by atoms with Crippen molar-refractivity contribution in [1.82, 2.24) is 4.90 Å². The van der Waals surface area contributed by atoms with E-state index in [0.717, 1.165) is 11.3 Å². The van der Waals surface area contributed by atoms with E-state index in [1.165, 1.54) is 0 Å². The third-order valence-electron chi connectivity index (χ3n) is 2.26. The van der Waals surface area contributed by atoms with Crippen LogP contribution >= 0.6 is 0 Å². The van der Waals surface area contributed by atoms with Crippen molar-refractivity contribution >= 4 is 11.8 Å². The van der Waals surface area contributed by atoms with E-state index >= 15 is 0 Å². The molecular weight excluding hydrogens is 204 g/mol. The van der Waals surface area contributed by atoms with Crippen molar-refractivity contribution in [3.8, 4) is 0 Å². The SMILES string of the molecule is CCOC(=O)N(CC)Cc1ccc(N)cc1. The average Bonchev–Trinajstić information content (AvgIpc) is 2.28. The lowest BCUT2D eigenvalue weighted by atomic mass is 10.2. The molecule has 0 saturated heterocycles. The molecule has 0 heterocycles. The van der Waals surface area contributed by atoms with Gasteiger partial charge < -0.3 is 15.4 Å². The van der Waals surface area contributed by atoms with Gasteiger partial charge in [0.1, 0.15) is 0 Å². The summed E-state index contributed by atoms with van der Waals surface area (Å²) in [6, 6.07) is 7.48. The van der Waals surface area contributed by atoms with Gasteiger partial charge in [-0.25, -0.2) is 4.79 Å². The summed E-state index contributed by atoms with van der Waals surface area (Å²) in [5.74, 6) is 0. The summed E-state index contributed by atoms with van der Waals surface area (Å²) in [7, 11) is 0. The lowest BCUT2D eigenvalue weighted by Crippen LogP contribution is -2.30. The molecule has 4 heteroatoms. The number of nitrogens with two attached hydrogens (primary N) is 1. The molecule has 0 radical (unpaired) electrons. The van der Waals surface area contributed by atoms with Gasteiger partial charge >= 0.3 is 6.09 Å². The van der Waals surface area contributed by atoms with E-state index in [4.69, 9.17) is 10.5 Å². The first kappa shape index (κ1) is 12.4. The van der Waals surface area contributed by atoms with Crippen LogP contribution in [0.3, 0.4) is 0 Å². The van der Waals surface area contributed by atoms with Crippen molar-refractivity contribution in [3.63, 3.8) is 0 Å². The van der Waals surface area contributed by atoms with Gasteiger partial charge in [-0.15, -0.1) is 0 Å². The van der Waals surface area contributed by atoms with Crippen LogP contribution in [0.2, 0.25) is 0 Å². The molecule has 0 aliphatic carbocycles. The quantitative estimate of drug-likeness (QED) is 0.795. The predicted octanol–water partition coefficient (Wildman–Crippen LogP) is 2.25. The van der Waals surface area contributed by atoms with E-state index in [1.54, 1.807) is 11.8 Å². The highest BCUT2D eigenvalue weighted by Crippen LogP contribution is 2.09. The standard InChI is InChI=1S/C12H18N2O2/c1-3-14(12(15)16-4-2)9-10-5-7-11(13)8-6-10/h5-8H,3-4,9,13H2,1-2H3. The second-order valence-electron chi connectivity index (χ2n) is 3.45. The maximum absolute atomic E-state index is 11.5. The first-order chi connectivity index (χ1) is 7.67. The molecule has 0 unspecified atom stereocenters. The van der Waals surface area contributed by atoms with Crippen molar-refractivity contribution in [2.45, 2.75) is 20.4 Å². The van der Waals surface area contributed by atoms with Crippen LogP contribution in [0, 0.1) is 0 Å². The molecule has 0 saturated carbocycles. The van der Waals surface area contributed by atoms with Gasteiger partial charge in [0.2, 0.25) is 0 Å². The normalized spacial score (nSPS) is 9.88. The minimum absolute atomic E-state index is 0.276. The zero-order valence-corrected chi connectivity index (χ0v) is 9.77. The van der Waals surface area contributed by atoms with Crippen molar-refractivity contribution < 1.29 is 9.53 Å². The van der Waals surface area contributed by atoms with Gasteiger partial charge in [-0.2, -0.15) is 0 Å². The largest absolute Gasteiger partial charge is 0.450 e. The van der Waals surface area contributed by atoms with Crippen molar-refractivity contribution in [3.05, 3.63) is 29.8 Å². The highest BCUT2D eigenvalue weighted by molar-refractivity contribution is 5.67. The molecule has 1 aromatic carbocycles. The van der Waals surface area contributed by atoms with E-state index < -0.39 is 0 Å². The van der Waals surface area contributed by atoms with Crippen LogP contribution in [0.5, 0.6) is 0 Å². The topological polar surface area (TPSA) is 55.6 Å². The van der Waals surface area contributed by atoms with Gasteiger partial charge in [0.15, 0.2) is 0 Å². The molecule has 0 bridgehead atoms. The van der Waals surface area contributed by atoms with Crippen LogP contribution in [-0.2, 0) is 11.3 Å². The Morgan fingerprint density at radius 2 is 1.94 bits per heavy atom. The molecule has 4 nitrogen and oxygen atoms in total. The van der Waals surface area contributed by atoms with Gasteiger partial charge in [-0.1, -0.05) is 12.1 Å². The molecule has 0 spiro atoms. The fourth-order valence-electron chi connectivity index (χ4n) is 1.36. The van der Waals surface area contributed by atoms with Crippen LogP contribution < -0.4 is 5.73 Å². The zero-order chi connectivity index (χ0) is 12.0. The van der Waals surface area contributed by atoms with Gasteiger partial charge in [-0.05, 0) is 31.5 Å². The molecule has 1 rings (SSSR count). The van der Waals surface area contributed by atoms with Crippen molar-refractivity contribution in [2.24, 2.45) is 0 Å². The van der Waals surface area contributed by atoms with Crippen LogP contribution in [0.25, 0.3) is 0 Å². The Morgan fingerprint density at radius 3 is 2.44 bits per heavy atom. The van der Waals surface area contributed by atoms with Crippen LogP contribution in [0.15, 0.2) is 24.3 Å². The molecule has 1 amide bonds. The summed E-state index contributed by atoms with van der Waals surface area (Å²) in [5, 5.41) is 0.